The molecule has 2 aromatic rings. The number of nitrogens with one attached hydrogen (secondary N) is 1. The van der Waals surface area contributed by atoms with Gasteiger partial charge < -0.3 is 9.73 Å². The maximum absolute atomic E-state index is 12.4. The highest BCUT2D eigenvalue weighted by atomic mass is 32.2. The second-order valence-corrected chi connectivity index (χ2v) is 7.92. The second-order valence-electron chi connectivity index (χ2n) is 5.98. The van der Waals surface area contributed by atoms with Crippen molar-refractivity contribution in [2.75, 3.05) is 18.1 Å². The van der Waals surface area contributed by atoms with E-state index in [0.717, 1.165) is 17.2 Å². The highest BCUT2D eigenvalue weighted by Crippen LogP contribution is 2.24. The summed E-state index contributed by atoms with van der Waals surface area (Å²) < 4.78 is 29.9. The molecule has 1 aromatic heterocycles. The molecule has 0 unspecified atom stereocenters. The van der Waals surface area contributed by atoms with E-state index < -0.39 is 21.7 Å². The van der Waals surface area contributed by atoms with Crippen molar-refractivity contribution in [1.29, 1.82) is 0 Å². The molecule has 1 fully saturated rings. The van der Waals surface area contributed by atoms with Gasteiger partial charge in [-0.2, -0.15) is 4.31 Å². The molecular weight excluding hydrogens is 332 g/mol. The Bertz CT molecular complexity index is 964. The zero-order valence-electron chi connectivity index (χ0n) is 13.4. The molecule has 1 aliphatic heterocycles. The summed E-state index contributed by atoms with van der Waals surface area (Å²) in [6, 6.07) is 5.73. The summed E-state index contributed by atoms with van der Waals surface area (Å²) in [5.41, 5.74) is 1.17. The number of aryl methyl sites for hydroxylation is 1. The molecule has 1 aromatic carbocycles. The van der Waals surface area contributed by atoms with Crippen molar-refractivity contribution < 1.29 is 17.6 Å². The van der Waals surface area contributed by atoms with E-state index >= 15 is 0 Å². The lowest BCUT2D eigenvalue weighted by atomic mass is 10.1. The van der Waals surface area contributed by atoms with Crippen LogP contribution in [0.15, 0.2) is 33.5 Å². The molecular formula is C16H18N2O5S. The lowest BCUT2D eigenvalue weighted by molar-refractivity contribution is -0.119. The van der Waals surface area contributed by atoms with E-state index in [1.807, 2.05) is 0 Å². The van der Waals surface area contributed by atoms with E-state index in [1.54, 1.807) is 25.1 Å². The molecule has 24 heavy (non-hydrogen) atoms. The first-order chi connectivity index (χ1) is 11.3. The van der Waals surface area contributed by atoms with Crippen molar-refractivity contribution in [2.45, 2.75) is 25.8 Å². The smallest absolute Gasteiger partial charge is 0.336 e. The predicted octanol–water partition coefficient (Wildman–Crippen LogP) is 1.46. The van der Waals surface area contributed by atoms with Crippen molar-refractivity contribution in [3.8, 4) is 0 Å². The van der Waals surface area contributed by atoms with Gasteiger partial charge >= 0.3 is 5.63 Å². The predicted molar refractivity (Wildman–Crippen MR) is 90.4 cm³/mol. The molecule has 0 saturated carbocycles. The molecule has 1 amide bonds. The Morgan fingerprint density at radius 3 is 2.79 bits per heavy atom. The van der Waals surface area contributed by atoms with Gasteiger partial charge in [0.15, 0.2) is 0 Å². The van der Waals surface area contributed by atoms with Crippen LogP contribution in [0.3, 0.4) is 0 Å². The maximum Gasteiger partial charge on any atom is 0.336 e. The van der Waals surface area contributed by atoms with E-state index in [0.29, 0.717) is 30.7 Å². The minimum atomic E-state index is -3.42. The van der Waals surface area contributed by atoms with Crippen LogP contribution in [0, 0.1) is 6.92 Å². The number of carbonyl (C=O) groups excluding carboxylic acids is 1. The summed E-state index contributed by atoms with van der Waals surface area (Å²) >= 11 is 0. The van der Waals surface area contributed by atoms with Gasteiger partial charge in [0.25, 0.3) is 0 Å². The molecule has 1 atom stereocenters. The van der Waals surface area contributed by atoms with Crippen LogP contribution in [0.4, 0.5) is 5.69 Å². The van der Waals surface area contributed by atoms with Crippen LogP contribution in [0.5, 0.6) is 0 Å². The van der Waals surface area contributed by atoms with E-state index in [2.05, 4.69) is 5.32 Å². The molecule has 3 rings (SSSR count). The Morgan fingerprint density at radius 1 is 1.33 bits per heavy atom. The monoisotopic (exact) mass is 350 g/mol. The zero-order chi connectivity index (χ0) is 17.5. The third kappa shape index (κ3) is 3.20. The number of carbonyl (C=O) groups is 1. The Labute approximate surface area is 139 Å². The molecule has 2 heterocycles. The van der Waals surface area contributed by atoms with Gasteiger partial charge in [-0.1, -0.05) is 0 Å². The number of hydrogen-bond donors (Lipinski definition) is 1. The molecule has 8 heteroatoms. The van der Waals surface area contributed by atoms with Crippen LogP contribution in [0.2, 0.25) is 0 Å². The zero-order valence-corrected chi connectivity index (χ0v) is 14.2. The third-order valence-corrected chi connectivity index (χ3v) is 5.44. The van der Waals surface area contributed by atoms with Crippen molar-refractivity contribution in [1.82, 2.24) is 4.31 Å². The van der Waals surface area contributed by atoms with Crippen LogP contribution in [0.1, 0.15) is 18.4 Å². The number of amides is 1. The van der Waals surface area contributed by atoms with Gasteiger partial charge in [0.1, 0.15) is 11.6 Å². The lowest BCUT2D eigenvalue weighted by Crippen LogP contribution is -2.42. The number of benzene rings is 1. The van der Waals surface area contributed by atoms with Crippen LogP contribution in [-0.2, 0) is 14.8 Å². The maximum atomic E-state index is 12.4. The minimum Gasteiger partial charge on any atom is -0.423 e. The second kappa shape index (κ2) is 6.03. The van der Waals surface area contributed by atoms with Crippen LogP contribution in [-0.4, -0.2) is 37.5 Å². The number of rotatable bonds is 3. The van der Waals surface area contributed by atoms with Crippen molar-refractivity contribution in [3.05, 3.63) is 40.2 Å². The average Bonchev–Trinajstić information content (AvgIpc) is 2.96. The minimum absolute atomic E-state index is 0.350. The highest BCUT2D eigenvalue weighted by Gasteiger charge is 2.36. The number of nitrogens with zero attached hydrogens (tertiary/aromatic N) is 1. The van der Waals surface area contributed by atoms with Gasteiger partial charge in [-0.15, -0.1) is 0 Å². The van der Waals surface area contributed by atoms with Gasteiger partial charge in [-0.3, -0.25) is 4.79 Å². The fraction of sp³-hybridized carbons (Fsp3) is 0.375. The number of sulfonamides is 1. The van der Waals surface area contributed by atoms with Gasteiger partial charge in [0, 0.05) is 29.8 Å². The molecule has 0 spiro atoms. The Morgan fingerprint density at radius 2 is 2.08 bits per heavy atom. The summed E-state index contributed by atoms with van der Waals surface area (Å²) in [6.45, 7) is 2.16. The summed E-state index contributed by atoms with van der Waals surface area (Å²) in [5, 5.41) is 3.49. The first-order valence-corrected chi connectivity index (χ1v) is 9.43. The van der Waals surface area contributed by atoms with Crippen molar-refractivity contribution in [3.63, 3.8) is 0 Å². The summed E-state index contributed by atoms with van der Waals surface area (Å²) in [6.07, 6.45) is 2.24. The summed E-state index contributed by atoms with van der Waals surface area (Å²) in [4.78, 5) is 23.9. The first-order valence-electron chi connectivity index (χ1n) is 7.58. The van der Waals surface area contributed by atoms with Crippen molar-refractivity contribution >= 4 is 32.6 Å². The Balaban J connectivity index is 1.87. The highest BCUT2D eigenvalue weighted by molar-refractivity contribution is 7.88. The largest absolute Gasteiger partial charge is 0.423 e. The normalized spacial score (nSPS) is 18.8. The van der Waals surface area contributed by atoms with Gasteiger partial charge in [-0.25, -0.2) is 13.2 Å². The first kappa shape index (κ1) is 16.7. The molecule has 0 radical (unpaired) electrons. The van der Waals surface area contributed by atoms with Crippen LogP contribution >= 0.6 is 0 Å². The van der Waals surface area contributed by atoms with Gasteiger partial charge in [-0.05, 0) is 37.5 Å². The lowest BCUT2D eigenvalue weighted by Gasteiger charge is -2.21. The molecule has 128 valence electrons. The van der Waals surface area contributed by atoms with Crippen LogP contribution in [0.25, 0.3) is 11.0 Å². The summed E-state index contributed by atoms with van der Waals surface area (Å²) in [5.74, 6) is -0.382. The van der Waals surface area contributed by atoms with Crippen molar-refractivity contribution in [2.24, 2.45) is 0 Å². The van der Waals surface area contributed by atoms with E-state index in [-0.39, 0.29) is 5.91 Å². The quantitative estimate of drug-likeness (QED) is 0.846. The van der Waals surface area contributed by atoms with Gasteiger partial charge in [0.05, 0.1) is 6.26 Å². The van der Waals surface area contributed by atoms with Crippen LogP contribution < -0.4 is 10.9 Å². The molecule has 1 N–H and O–H groups in total. The third-order valence-electron chi connectivity index (χ3n) is 4.15. The number of anilines is 1. The average molecular weight is 350 g/mol. The SMILES string of the molecule is Cc1cc(=O)oc2cc(NC(=O)[C@@H]3CCCN3S(C)(=O)=O)ccc12. The number of hydrogen-bond acceptors (Lipinski definition) is 5. The van der Waals surface area contributed by atoms with E-state index in [4.69, 9.17) is 4.42 Å². The molecule has 1 saturated heterocycles. The van der Waals surface area contributed by atoms with Gasteiger partial charge in [0.2, 0.25) is 15.9 Å². The Hall–Kier alpha value is -2.19. The van der Waals surface area contributed by atoms with E-state index in [9.17, 15) is 18.0 Å². The molecule has 0 bridgehead atoms. The summed E-state index contributed by atoms with van der Waals surface area (Å²) in [7, 11) is -3.42. The van der Waals surface area contributed by atoms with E-state index in [1.165, 1.54) is 10.4 Å². The fourth-order valence-corrected chi connectivity index (χ4v) is 4.15. The Kier molecular flexibility index (Phi) is 4.18. The standard InChI is InChI=1S/C16H18N2O5S/c1-10-8-15(19)23-14-9-11(5-6-12(10)14)17-16(20)13-4-3-7-18(13)24(2,21)22/h5-6,8-9,13H,3-4,7H2,1-2H3,(H,17,20)/t13-/m0/s1. The topological polar surface area (TPSA) is 96.7 Å². The molecule has 7 nitrogen and oxygen atoms in total. The fourth-order valence-electron chi connectivity index (χ4n) is 3.03. The molecule has 0 aliphatic carbocycles. The molecule has 1 aliphatic rings. The number of fused-ring (bicyclic) bond motifs is 1.